The van der Waals surface area contributed by atoms with E-state index in [-0.39, 0.29) is 27.3 Å². The van der Waals surface area contributed by atoms with Crippen LogP contribution in [0.4, 0.5) is 35.1 Å². The van der Waals surface area contributed by atoms with E-state index in [9.17, 15) is 92.7 Å². The second-order valence-electron chi connectivity index (χ2n) is 14.2. The normalized spacial score (nSPS) is 15.8. The molecular formula is C42H4F8O18. The van der Waals surface area contributed by atoms with Gasteiger partial charge in [-0.3, -0.25) is 0 Å². The molecule has 26 heteroatoms. The second kappa shape index (κ2) is 13.9. The van der Waals surface area contributed by atoms with Gasteiger partial charge < -0.3 is 28.4 Å². The predicted octanol–water partition coefficient (Wildman–Crippen LogP) is 5.50. The third kappa shape index (κ3) is 5.43. The number of rotatable bonds is 0. The molecule has 68 heavy (non-hydrogen) atoms. The first-order chi connectivity index (χ1) is 32.0. The van der Waals surface area contributed by atoms with Crippen LogP contribution in [0.1, 0.15) is 124 Å². The van der Waals surface area contributed by atoms with Crippen LogP contribution in [0.2, 0.25) is 0 Å². The van der Waals surface area contributed by atoms with E-state index in [1.807, 2.05) is 0 Å². The van der Waals surface area contributed by atoms with Crippen LogP contribution >= 0.6 is 0 Å². The summed E-state index contributed by atoms with van der Waals surface area (Å²) in [5.41, 5.74) is -9.13. The van der Waals surface area contributed by atoms with Crippen LogP contribution < -0.4 is 0 Å². The highest BCUT2D eigenvalue weighted by Crippen LogP contribution is 2.44. The Morgan fingerprint density at radius 2 is 0.397 bits per heavy atom. The number of hydrogen-bond donors (Lipinski definition) is 0. The Morgan fingerprint density at radius 3 is 0.662 bits per heavy atom. The summed E-state index contributed by atoms with van der Waals surface area (Å²) in [7, 11) is 0. The minimum absolute atomic E-state index is 0.195. The van der Waals surface area contributed by atoms with Gasteiger partial charge in [-0.25, -0.2) is 92.7 Å². The first-order valence-electron chi connectivity index (χ1n) is 18.0. The fraction of sp³-hybridized carbons (Fsp3) is 0. The minimum Gasteiger partial charge on any atom is -0.386 e. The largest absolute Gasteiger partial charge is 0.386 e. The molecule has 0 radical (unpaired) electrons. The van der Waals surface area contributed by atoms with Crippen molar-refractivity contribution >= 4 is 104 Å². The third-order valence-corrected chi connectivity index (χ3v) is 10.8. The smallest absolute Gasteiger partial charge is 0.349 e. The van der Waals surface area contributed by atoms with Crippen molar-refractivity contribution in [2.75, 3.05) is 0 Å². The number of ether oxygens (including phenoxy) is 6. The zero-order chi connectivity index (χ0) is 49.0. The lowest BCUT2D eigenvalue weighted by atomic mass is 9.87. The first kappa shape index (κ1) is 42.3. The third-order valence-electron chi connectivity index (χ3n) is 10.8. The van der Waals surface area contributed by atoms with Crippen molar-refractivity contribution in [2.45, 2.75) is 0 Å². The lowest BCUT2D eigenvalue weighted by Gasteiger charge is -2.23. The Labute approximate surface area is 362 Å². The maximum atomic E-state index is 14.1. The lowest BCUT2D eigenvalue weighted by Crippen LogP contribution is -2.30. The van der Waals surface area contributed by atoms with Gasteiger partial charge in [-0.1, -0.05) is 0 Å². The fourth-order valence-electron chi connectivity index (χ4n) is 8.11. The van der Waals surface area contributed by atoms with E-state index in [2.05, 4.69) is 28.4 Å². The number of halogens is 8. The number of carbonyl (C=O) groups is 12. The van der Waals surface area contributed by atoms with E-state index in [1.54, 1.807) is 0 Å². The minimum atomic E-state index is -1.92. The zero-order valence-corrected chi connectivity index (χ0v) is 31.7. The molecule has 0 aromatic heterocycles. The molecule has 0 aliphatic carbocycles. The zero-order valence-electron chi connectivity index (χ0n) is 31.7. The van der Waals surface area contributed by atoms with Gasteiger partial charge in [-0.05, 0) is 24.3 Å². The number of cyclic esters (lactones) is 12. The molecule has 12 rings (SSSR count). The van der Waals surface area contributed by atoms with Gasteiger partial charge in [0.05, 0.1) is 22.3 Å². The number of benzene rings is 6. The predicted molar refractivity (Wildman–Crippen MR) is 190 cm³/mol. The van der Waals surface area contributed by atoms with Crippen molar-refractivity contribution in [3.05, 3.63) is 138 Å². The summed E-state index contributed by atoms with van der Waals surface area (Å²) in [5, 5.41) is -3.11. The van der Waals surface area contributed by atoms with E-state index in [0.29, 0.717) is 24.3 Å². The van der Waals surface area contributed by atoms with Crippen molar-refractivity contribution < 1.29 is 121 Å². The molecular weight excluding hydrogens is 944 g/mol. The van der Waals surface area contributed by atoms with Crippen molar-refractivity contribution in [1.82, 2.24) is 0 Å². The van der Waals surface area contributed by atoms with Crippen LogP contribution in [0.3, 0.4) is 0 Å². The molecule has 6 aliphatic rings. The second-order valence-corrected chi connectivity index (χ2v) is 14.2. The van der Waals surface area contributed by atoms with Crippen molar-refractivity contribution in [2.24, 2.45) is 0 Å². The summed E-state index contributed by atoms with van der Waals surface area (Å²) in [6.45, 7) is 0. The Kier molecular flexibility index (Phi) is 8.68. The molecule has 18 nitrogen and oxygen atoms in total. The first-order valence-corrected chi connectivity index (χ1v) is 18.0. The van der Waals surface area contributed by atoms with E-state index in [0.717, 1.165) is 0 Å². The van der Waals surface area contributed by atoms with Crippen LogP contribution in [0.5, 0.6) is 0 Å². The van der Waals surface area contributed by atoms with Gasteiger partial charge in [0.25, 0.3) is 0 Å². The van der Waals surface area contributed by atoms with Gasteiger partial charge >= 0.3 is 71.6 Å². The molecule has 6 aromatic carbocycles. The number of carbonyl (C=O) groups excluding carboxylic acids is 12. The summed E-state index contributed by atoms with van der Waals surface area (Å²) in [6.07, 6.45) is 0. The highest BCUT2D eigenvalue weighted by atomic mass is 19.2. The Balaban J connectivity index is 0.000000119. The molecule has 0 saturated carbocycles. The summed E-state index contributed by atoms with van der Waals surface area (Å²) in [4.78, 5) is 140. The molecule has 0 N–H and O–H groups in total. The Hall–Kier alpha value is -9.62. The summed E-state index contributed by atoms with van der Waals surface area (Å²) >= 11 is 0. The summed E-state index contributed by atoms with van der Waals surface area (Å²) < 4.78 is 138. The van der Waals surface area contributed by atoms with Crippen LogP contribution in [-0.2, 0) is 28.4 Å². The van der Waals surface area contributed by atoms with E-state index >= 15 is 0 Å². The van der Waals surface area contributed by atoms with Gasteiger partial charge in [0, 0.05) is 32.3 Å². The molecule has 0 saturated heterocycles. The molecule has 6 aromatic rings. The molecule has 0 spiro atoms. The van der Waals surface area contributed by atoms with Crippen LogP contribution in [0.25, 0.3) is 32.3 Å². The number of hydrogen-bond acceptors (Lipinski definition) is 18. The van der Waals surface area contributed by atoms with Crippen LogP contribution in [0.15, 0.2) is 24.3 Å². The molecule has 0 atom stereocenters. The van der Waals surface area contributed by atoms with Crippen molar-refractivity contribution in [3.8, 4) is 0 Å². The van der Waals surface area contributed by atoms with Crippen LogP contribution in [-0.4, -0.2) is 71.6 Å². The average molecular weight is 948 g/mol. The molecule has 336 valence electrons. The van der Waals surface area contributed by atoms with Gasteiger partial charge in [0.2, 0.25) is 0 Å². The van der Waals surface area contributed by atoms with Crippen molar-refractivity contribution in [1.29, 1.82) is 0 Å². The van der Waals surface area contributed by atoms with Gasteiger partial charge in [0.1, 0.15) is 67.8 Å². The average Bonchev–Trinajstić information content (AvgIpc) is 3.24. The van der Waals surface area contributed by atoms with Gasteiger partial charge in [0.15, 0.2) is 23.3 Å². The standard InChI is InChI=1S/C14F4O6.2C14H2F2O6/c15-7-3-1-2-5(9(7)17)13(21)24-14(22)6(2)10(18)8(16)4(1)12(20)23-11(3)19;15-5-1-3-7-8-4(12(18)22-13(19)9(5)8)2-6(16)10(7)14(20)21-11(3)17;15-5-1-3-7-4(12(18)21-11(3)17)2-6(16)9-10(7)8(5)13(19)22-14(9)20/h;2*1-2H. The monoisotopic (exact) mass is 948 g/mol. The van der Waals surface area contributed by atoms with E-state index in [4.69, 9.17) is 0 Å². The Bertz CT molecular complexity index is 3480. The topological polar surface area (TPSA) is 260 Å². The maximum absolute atomic E-state index is 14.1. The van der Waals surface area contributed by atoms with Crippen molar-refractivity contribution in [3.63, 3.8) is 0 Å². The fourth-order valence-corrected chi connectivity index (χ4v) is 8.11. The highest BCUT2D eigenvalue weighted by molar-refractivity contribution is 6.32. The number of esters is 12. The molecule has 0 bridgehead atoms. The van der Waals surface area contributed by atoms with Gasteiger partial charge in [-0.15, -0.1) is 0 Å². The summed E-state index contributed by atoms with van der Waals surface area (Å²) in [5.74, 6) is -28.8. The van der Waals surface area contributed by atoms with E-state index < -0.39 is 190 Å². The van der Waals surface area contributed by atoms with Gasteiger partial charge in [-0.2, -0.15) is 0 Å². The SMILES string of the molecule is O=C1OC(=O)c2c(F)c(F)c3c4c(c(F)c(F)c1c24)C(=O)OC3=O.O=C1OC(=O)c2c(F)cc3c4c(c(F)cc1c24)C(=O)OC3=O.O=C1OC(=O)c2cc(F)c3c4c(c(F)cc1c24)C(=O)OC3=O. The maximum Gasteiger partial charge on any atom is 0.349 e. The lowest BCUT2D eigenvalue weighted by molar-refractivity contribution is 0.0351. The molecule has 6 aliphatic heterocycles. The van der Waals surface area contributed by atoms with Crippen LogP contribution in [0, 0.1) is 46.5 Å². The quantitative estimate of drug-likeness (QED) is 0.0788. The molecule has 6 heterocycles. The highest BCUT2D eigenvalue weighted by Gasteiger charge is 2.46. The molecule has 0 amide bonds. The summed E-state index contributed by atoms with van der Waals surface area (Å²) in [6, 6.07) is 2.68. The van der Waals surface area contributed by atoms with E-state index in [1.165, 1.54) is 0 Å². The molecule has 0 unspecified atom stereocenters. The Morgan fingerprint density at radius 1 is 0.221 bits per heavy atom. The molecule has 0 fully saturated rings.